The number of ether oxygens (including phenoxy) is 1. The van der Waals surface area contributed by atoms with Crippen molar-refractivity contribution in [2.45, 2.75) is 6.92 Å². The average Bonchev–Trinajstić information content (AvgIpc) is 3.37. The highest BCUT2D eigenvalue weighted by molar-refractivity contribution is 6.03. The Balaban J connectivity index is 1.50. The zero-order valence-electron chi connectivity index (χ0n) is 17.6. The summed E-state index contributed by atoms with van der Waals surface area (Å²) in [7, 11) is 1.84. The zero-order chi connectivity index (χ0) is 22.7. The fourth-order valence-electron chi connectivity index (χ4n) is 3.26. The van der Waals surface area contributed by atoms with Crippen molar-refractivity contribution in [1.29, 1.82) is 0 Å². The molecule has 4 rings (SSSR count). The molecule has 0 aliphatic carbocycles. The molecule has 9 nitrogen and oxygen atoms in total. The van der Waals surface area contributed by atoms with Gasteiger partial charge in [-0.05, 0) is 36.8 Å². The number of imidazole rings is 1. The van der Waals surface area contributed by atoms with Crippen molar-refractivity contribution in [3.63, 3.8) is 0 Å². The molecule has 0 bridgehead atoms. The number of nitrogens with two attached hydrogens (primary N) is 1. The van der Waals surface area contributed by atoms with E-state index in [1.54, 1.807) is 37.4 Å². The van der Waals surface area contributed by atoms with Crippen LogP contribution in [0.2, 0.25) is 0 Å². The molecule has 0 radical (unpaired) electrons. The third-order valence-electron chi connectivity index (χ3n) is 4.96. The average molecular weight is 430 g/mol. The Labute approximate surface area is 184 Å². The second-order valence-electron chi connectivity index (χ2n) is 6.97. The highest BCUT2D eigenvalue weighted by atomic mass is 16.5. The van der Waals surface area contributed by atoms with Crippen LogP contribution in [0.4, 0.5) is 11.8 Å². The van der Waals surface area contributed by atoms with Crippen molar-refractivity contribution in [2.75, 3.05) is 17.7 Å². The Kier molecular flexibility index (Phi) is 5.71. The standard InChI is InChI=1S/C23H22N6O3/c1-3-32-22(31)18-13-26-29(20(18)24)17-11-9-16(10-12-17)21(30)27-23-25-14-19(28(23)2)15-7-5-4-6-8-15/h4-14H,3,24H2,1-2H3,(H,25,27,30). The van der Waals surface area contributed by atoms with Gasteiger partial charge in [-0.15, -0.1) is 0 Å². The van der Waals surface area contributed by atoms with Crippen molar-refractivity contribution in [3.05, 3.63) is 78.1 Å². The van der Waals surface area contributed by atoms with Crippen LogP contribution in [0.5, 0.6) is 0 Å². The van der Waals surface area contributed by atoms with Crippen LogP contribution in [0.1, 0.15) is 27.6 Å². The number of esters is 1. The van der Waals surface area contributed by atoms with E-state index < -0.39 is 5.97 Å². The number of anilines is 2. The van der Waals surface area contributed by atoms with Crippen LogP contribution in [0.3, 0.4) is 0 Å². The van der Waals surface area contributed by atoms with Crippen LogP contribution >= 0.6 is 0 Å². The van der Waals surface area contributed by atoms with E-state index in [1.807, 2.05) is 41.9 Å². The summed E-state index contributed by atoms with van der Waals surface area (Å²) < 4.78 is 8.21. The molecule has 32 heavy (non-hydrogen) atoms. The molecule has 0 fully saturated rings. The number of carbonyl (C=O) groups is 2. The van der Waals surface area contributed by atoms with E-state index in [4.69, 9.17) is 10.5 Å². The van der Waals surface area contributed by atoms with Crippen molar-refractivity contribution in [1.82, 2.24) is 19.3 Å². The van der Waals surface area contributed by atoms with Crippen LogP contribution in [0.25, 0.3) is 16.9 Å². The molecule has 9 heteroatoms. The van der Waals surface area contributed by atoms with Crippen LogP contribution in [0, 0.1) is 0 Å². The number of rotatable bonds is 6. The summed E-state index contributed by atoms with van der Waals surface area (Å²) in [6, 6.07) is 16.5. The smallest absolute Gasteiger partial charge is 0.343 e. The lowest BCUT2D eigenvalue weighted by Crippen LogP contribution is -2.15. The summed E-state index contributed by atoms with van der Waals surface area (Å²) in [5.74, 6) is -0.224. The molecular weight excluding hydrogens is 408 g/mol. The number of hydrogen-bond donors (Lipinski definition) is 2. The maximum Gasteiger partial charge on any atom is 0.343 e. The monoisotopic (exact) mass is 430 g/mol. The van der Waals surface area contributed by atoms with Gasteiger partial charge in [0.15, 0.2) is 0 Å². The molecule has 2 aromatic carbocycles. The quantitative estimate of drug-likeness (QED) is 0.453. The Morgan fingerprint density at radius 1 is 1.06 bits per heavy atom. The first-order chi connectivity index (χ1) is 15.5. The van der Waals surface area contributed by atoms with E-state index in [-0.39, 0.29) is 23.9 Å². The third kappa shape index (κ3) is 3.95. The Morgan fingerprint density at radius 3 is 2.47 bits per heavy atom. The Bertz CT molecular complexity index is 1260. The van der Waals surface area contributed by atoms with Gasteiger partial charge in [-0.1, -0.05) is 30.3 Å². The number of nitrogens with zero attached hydrogens (tertiary/aromatic N) is 4. The van der Waals surface area contributed by atoms with Gasteiger partial charge in [-0.25, -0.2) is 14.5 Å². The van der Waals surface area contributed by atoms with Gasteiger partial charge in [0, 0.05) is 12.6 Å². The van der Waals surface area contributed by atoms with Gasteiger partial charge < -0.3 is 15.0 Å². The molecule has 2 heterocycles. The molecule has 0 aliphatic rings. The van der Waals surface area contributed by atoms with Gasteiger partial charge in [-0.2, -0.15) is 5.10 Å². The summed E-state index contributed by atoms with van der Waals surface area (Å²) in [5.41, 5.74) is 9.18. The van der Waals surface area contributed by atoms with Gasteiger partial charge in [0.05, 0.1) is 30.4 Å². The Morgan fingerprint density at radius 2 is 1.78 bits per heavy atom. The van der Waals surface area contributed by atoms with Gasteiger partial charge in [0.1, 0.15) is 11.4 Å². The fraction of sp³-hybridized carbons (Fsp3) is 0.130. The predicted molar refractivity (Wildman–Crippen MR) is 121 cm³/mol. The van der Waals surface area contributed by atoms with Gasteiger partial charge in [0.25, 0.3) is 5.91 Å². The first-order valence-corrected chi connectivity index (χ1v) is 9.99. The predicted octanol–water partition coefficient (Wildman–Crippen LogP) is 3.28. The van der Waals surface area contributed by atoms with Gasteiger partial charge in [-0.3, -0.25) is 10.1 Å². The third-order valence-corrected chi connectivity index (χ3v) is 4.96. The van der Waals surface area contributed by atoms with Crippen molar-refractivity contribution < 1.29 is 14.3 Å². The van der Waals surface area contributed by atoms with Crippen molar-refractivity contribution in [3.8, 4) is 16.9 Å². The molecule has 162 valence electrons. The number of carbonyl (C=O) groups excluding carboxylic acids is 2. The van der Waals surface area contributed by atoms with E-state index in [0.29, 0.717) is 17.2 Å². The molecule has 1 amide bonds. The zero-order valence-corrected chi connectivity index (χ0v) is 17.6. The molecule has 0 unspecified atom stereocenters. The molecule has 0 spiro atoms. The summed E-state index contributed by atoms with van der Waals surface area (Å²) in [4.78, 5) is 29.0. The lowest BCUT2D eigenvalue weighted by Gasteiger charge is -2.09. The first-order valence-electron chi connectivity index (χ1n) is 9.99. The summed E-state index contributed by atoms with van der Waals surface area (Å²) in [6.45, 7) is 1.96. The first kappa shape index (κ1) is 20.9. The van der Waals surface area contributed by atoms with Crippen molar-refractivity contribution >= 4 is 23.6 Å². The molecule has 0 atom stereocenters. The van der Waals surface area contributed by atoms with Gasteiger partial charge in [0.2, 0.25) is 5.95 Å². The summed E-state index contributed by atoms with van der Waals surface area (Å²) in [5, 5.41) is 6.98. The van der Waals surface area contributed by atoms with Crippen molar-refractivity contribution in [2.24, 2.45) is 7.05 Å². The second kappa shape index (κ2) is 8.76. The van der Waals surface area contributed by atoms with Crippen LogP contribution in [-0.2, 0) is 11.8 Å². The minimum absolute atomic E-state index is 0.169. The molecule has 3 N–H and O–H groups in total. The van der Waals surface area contributed by atoms with Crippen LogP contribution in [-0.4, -0.2) is 37.8 Å². The minimum atomic E-state index is -0.530. The van der Waals surface area contributed by atoms with Gasteiger partial charge >= 0.3 is 5.97 Å². The van der Waals surface area contributed by atoms with E-state index in [9.17, 15) is 9.59 Å². The largest absolute Gasteiger partial charge is 0.462 e. The SMILES string of the molecule is CCOC(=O)c1cnn(-c2ccc(C(=O)Nc3ncc(-c4ccccc4)n3C)cc2)c1N. The van der Waals surface area contributed by atoms with E-state index in [0.717, 1.165) is 11.3 Å². The number of nitrogens with one attached hydrogen (secondary N) is 1. The number of hydrogen-bond acceptors (Lipinski definition) is 6. The normalized spacial score (nSPS) is 10.7. The number of benzene rings is 2. The van der Waals surface area contributed by atoms with E-state index in [1.165, 1.54) is 10.9 Å². The summed E-state index contributed by atoms with van der Waals surface area (Å²) >= 11 is 0. The molecule has 2 aromatic heterocycles. The van der Waals surface area contributed by atoms with E-state index >= 15 is 0 Å². The summed E-state index contributed by atoms with van der Waals surface area (Å²) in [6.07, 6.45) is 3.08. The maximum absolute atomic E-state index is 12.7. The topological polar surface area (TPSA) is 117 Å². The highest BCUT2D eigenvalue weighted by Crippen LogP contribution is 2.22. The van der Waals surface area contributed by atoms with E-state index in [2.05, 4.69) is 15.4 Å². The molecule has 0 saturated heterocycles. The molecule has 0 aliphatic heterocycles. The highest BCUT2D eigenvalue weighted by Gasteiger charge is 2.18. The number of nitrogen functional groups attached to an aromatic ring is 1. The second-order valence-corrected chi connectivity index (χ2v) is 6.97. The molecular formula is C23H22N6O3. The van der Waals surface area contributed by atoms with Crippen LogP contribution in [0.15, 0.2) is 67.0 Å². The lowest BCUT2D eigenvalue weighted by molar-refractivity contribution is 0.0527. The minimum Gasteiger partial charge on any atom is -0.462 e. The lowest BCUT2D eigenvalue weighted by atomic mass is 10.2. The maximum atomic E-state index is 12.7. The fourth-order valence-corrected chi connectivity index (χ4v) is 3.26. The number of amides is 1. The molecule has 0 saturated carbocycles. The van der Waals surface area contributed by atoms with Crippen LogP contribution < -0.4 is 11.1 Å². The number of aromatic nitrogens is 4. The molecule has 4 aromatic rings. The Hall–Kier alpha value is -4.40.